The highest BCUT2D eigenvalue weighted by Gasteiger charge is 2.44. The van der Waals surface area contributed by atoms with Crippen LogP contribution in [-0.2, 0) is 39.2 Å². The van der Waals surface area contributed by atoms with Crippen molar-refractivity contribution in [3.8, 4) is 11.5 Å². The number of rotatable bonds is 22. The van der Waals surface area contributed by atoms with Gasteiger partial charge in [0.15, 0.2) is 12.0 Å². The fourth-order valence-electron chi connectivity index (χ4n) is 9.54. The molecule has 5 atom stereocenters. The first-order valence-corrected chi connectivity index (χ1v) is 25.5. The van der Waals surface area contributed by atoms with Gasteiger partial charge in [-0.2, -0.15) is 0 Å². The third-order valence-electron chi connectivity index (χ3n) is 13.3. The Balaban J connectivity index is 1.20. The van der Waals surface area contributed by atoms with Crippen molar-refractivity contribution < 1.29 is 41.6 Å². The zero-order chi connectivity index (χ0) is 48.2. The molecule has 12 heteroatoms. The molecule has 1 N–H and O–H groups in total. The number of aryl methyl sites for hydroxylation is 1. The van der Waals surface area contributed by atoms with Crippen molar-refractivity contribution in [2.24, 2.45) is 5.92 Å². The molecule has 8 rings (SSSR count). The average molecular weight is 953 g/mol. The zero-order valence-corrected chi connectivity index (χ0v) is 40.8. The van der Waals surface area contributed by atoms with Crippen LogP contribution in [0.3, 0.4) is 0 Å². The second-order valence-electron chi connectivity index (χ2n) is 17.9. The summed E-state index contributed by atoms with van der Waals surface area (Å²) in [6.45, 7) is 6.43. The van der Waals surface area contributed by atoms with E-state index in [-0.39, 0.29) is 42.0 Å². The molecule has 0 aliphatic carbocycles. The number of hydrogen-bond donors (Lipinski definition) is 1. The Bertz CT molecular complexity index is 2570. The topological polar surface area (TPSA) is 122 Å². The van der Waals surface area contributed by atoms with E-state index in [4.69, 9.17) is 28.4 Å². The number of hydrogen-bond acceptors (Lipinski definition) is 10. The second-order valence-corrected chi connectivity index (χ2v) is 19.9. The number of carbonyl (C=O) groups excluding carboxylic acids is 1. The molecule has 0 bridgehead atoms. The summed E-state index contributed by atoms with van der Waals surface area (Å²) in [6.07, 6.45) is 1.78. The first-order chi connectivity index (χ1) is 33.6. The van der Waals surface area contributed by atoms with Gasteiger partial charge in [0.1, 0.15) is 17.1 Å². The van der Waals surface area contributed by atoms with Crippen molar-refractivity contribution in [1.29, 1.82) is 0 Å². The van der Waals surface area contributed by atoms with Crippen LogP contribution in [0.15, 0.2) is 163 Å². The molecule has 6 aromatic carbocycles. The number of sulfone groups is 1. The molecule has 1 fully saturated rings. The number of piperidine rings is 1. The van der Waals surface area contributed by atoms with E-state index in [0.717, 1.165) is 46.4 Å². The van der Waals surface area contributed by atoms with E-state index in [9.17, 15) is 4.79 Å². The lowest BCUT2D eigenvalue weighted by atomic mass is 9.78. The molecule has 1 saturated heterocycles. The number of anilines is 1. The normalized spacial score (nSPS) is 18.2. The van der Waals surface area contributed by atoms with Crippen LogP contribution in [0.1, 0.15) is 70.9 Å². The first kappa shape index (κ1) is 49.6. The Kier molecular flexibility index (Phi) is 16.6. The van der Waals surface area contributed by atoms with Gasteiger partial charge >= 0.3 is 0 Å². The Labute approximate surface area is 407 Å². The van der Waals surface area contributed by atoms with Crippen molar-refractivity contribution in [2.75, 3.05) is 65.2 Å². The highest BCUT2D eigenvalue weighted by molar-refractivity contribution is 7.91. The van der Waals surface area contributed by atoms with Gasteiger partial charge in [0, 0.05) is 52.3 Å². The summed E-state index contributed by atoms with van der Waals surface area (Å²) in [7, 11) is -0.880. The maximum absolute atomic E-state index is 15.2. The molecule has 2 aliphatic heterocycles. The quantitative estimate of drug-likeness (QED) is 0.0520. The van der Waals surface area contributed by atoms with E-state index in [1.165, 1.54) is 0 Å². The van der Waals surface area contributed by atoms with Crippen LogP contribution in [0, 0.1) is 12.8 Å². The molecule has 2 heterocycles. The van der Waals surface area contributed by atoms with E-state index in [0.29, 0.717) is 56.3 Å². The van der Waals surface area contributed by atoms with E-state index in [1.807, 2.05) is 80.6 Å². The molecule has 0 saturated carbocycles. The van der Waals surface area contributed by atoms with E-state index in [2.05, 4.69) is 53.8 Å². The second kappa shape index (κ2) is 23.2. The van der Waals surface area contributed by atoms with Gasteiger partial charge in [-0.25, -0.2) is 8.42 Å². The van der Waals surface area contributed by atoms with Crippen LogP contribution < -0.4 is 19.7 Å². The molecule has 6 aromatic rings. The molecule has 0 radical (unpaired) electrons. The third-order valence-corrected chi connectivity index (χ3v) is 15.1. The Morgan fingerprint density at radius 3 is 2.01 bits per heavy atom. The van der Waals surface area contributed by atoms with Crippen LogP contribution in [0.5, 0.6) is 11.5 Å². The lowest BCUT2D eigenvalue weighted by Gasteiger charge is -2.43. The summed E-state index contributed by atoms with van der Waals surface area (Å²) in [5.74, 6) is 0.441. The number of nitrogens with zero attached hydrogens (tertiary/aromatic N) is 1. The molecule has 1 amide bonds. The van der Waals surface area contributed by atoms with Crippen LogP contribution in [0.25, 0.3) is 0 Å². The minimum Gasteiger partial charge on any atom is -0.494 e. The van der Waals surface area contributed by atoms with Crippen molar-refractivity contribution in [3.05, 3.63) is 191 Å². The Morgan fingerprint density at radius 1 is 0.768 bits per heavy atom. The monoisotopic (exact) mass is 952 g/mol. The largest absolute Gasteiger partial charge is 0.494 e. The minimum absolute atomic E-state index is 0.114. The van der Waals surface area contributed by atoms with Crippen molar-refractivity contribution in [2.45, 2.75) is 67.2 Å². The Morgan fingerprint density at radius 2 is 1.41 bits per heavy atom. The van der Waals surface area contributed by atoms with Gasteiger partial charge in [0.05, 0.1) is 36.0 Å². The summed E-state index contributed by atoms with van der Waals surface area (Å²) < 4.78 is 67.9. The van der Waals surface area contributed by atoms with Crippen LogP contribution in [0.4, 0.5) is 5.69 Å². The summed E-state index contributed by atoms with van der Waals surface area (Å²) >= 11 is 0. The predicted molar refractivity (Wildman–Crippen MR) is 269 cm³/mol. The third kappa shape index (κ3) is 11.4. The van der Waals surface area contributed by atoms with Crippen molar-refractivity contribution >= 4 is 21.4 Å². The molecule has 0 aromatic heterocycles. The molecule has 69 heavy (non-hydrogen) atoms. The van der Waals surface area contributed by atoms with Gasteiger partial charge in [-0.05, 0) is 97.3 Å². The minimum atomic E-state index is -4.22. The Hall–Kier alpha value is -5.86. The number of nitrogens with one attached hydrogen (secondary N) is 1. The van der Waals surface area contributed by atoms with Gasteiger partial charge in [0.25, 0.3) is 5.91 Å². The molecular formula is C57H64N2O9S. The number of amides is 1. The van der Waals surface area contributed by atoms with Gasteiger partial charge in [-0.1, -0.05) is 127 Å². The number of methoxy groups -OCH3 is 2. The SMILES string of the molecule is COCCCN1C(=O)COc2ccc(C(O[C@H]3CNC[C@@H](COC(c4ccccc4)(c4ccccc4)c4ccccc4)[C@@H]3c3ccc(OCCCC(C)OC)cc3)S(=O)(=O)c3ccc(C)cc3)cc21. The molecule has 362 valence electrons. The average Bonchev–Trinajstić information content (AvgIpc) is 3.39. The molecule has 0 spiro atoms. The number of carbonyl (C=O) groups is 1. The van der Waals surface area contributed by atoms with Gasteiger partial charge < -0.3 is 38.6 Å². The molecule has 2 unspecified atom stereocenters. The molecule has 2 aliphatic rings. The van der Waals surface area contributed by atoms with Crippen molar-refractivity contribution in [1.82, 2.24) is 5.32 Å². The summed E-state index contributed by atoms with van der Waals surface area (Å²) in [5.41, 5.74) is 3.23. The first-order valence-electron chi connectivity index (χ1n) is 23.9. The van der Waals surface area contributed by atoms with Crippen LogP contribution in [0.2, 0.25) is 0 Å². The highest BCUT2D eigenvalue weighted by Crippen LogP contribution is 2.45. The van der Waals surface area contributed by atoms with Crippen LogP contribution in [-0.4, -0.2) is 86.8 Å². The van der Waals surface area contributed by atoms with Gasteiger partial charge in [0.2, 0.25) is 9.84 Å². The summed E-state index contributed by atoms with van der Waals surface area (Å²) in [4.78, 5) is 15.1. The van der Waals surface area contributed by atoms with Crippen LogP contribution >= 0.6 is 0 Å². The fraction of sp³-hybridized carbons (Fsp3) is 0.351. The highest BCUT2D eigenvalue weighted by atomic mass is 32.2. The number of ether oxygens (including phenoxy) is 6. The predicted octanol–water partition coefficient (Wildman–Crippen LogP) is 9.82. The fourth-order valence-corrected chi connectivity index (χ4v) is 11.1. The summed E-state index contributed by atoms with van der Waals surface area (Å²) in [6, 6.07) is 51.0. The summed E-state index contributed by atoms with van der Waals surface area (Å²) in [5, 5.41) is 3.63. The molecular weight excluding hydrogens is 889 g/mol. The number of benzene rings is 6. The molecule has 11 nitrogen and oxygen atoms in total. The lowest BCUT2D eigenvalue weighted by Crippen LogP contribution is -2.50. The van der Waals surface area contributed by atoms with Crippen molar-refractivity contribution in [3.63, 3.8) is 0 Å². The zero-order valence-electron chi connectivity index (χ0n) is 40.0. The van der Waals surface area contributed by atoms with Gasteiger partial charge in [-0.15, -0.1) is 0 Å². The smallest absolute Gasteiger partial charge is 0.265 e. The standard InChI is InChI=1S/C57H64N2O9S/c1-41-23-30-50(31-24-41)69(61,62)56(44-27-32-52-51(36-44)59(33-15-34-63-3)54(60)40-66-52)68-53-38-58-37-45(55(53)43-25-28-49(29-26-43)65-35-14-16-42(2)64-4)39-67-57(46-17-8-5-9-18-46,47-19-10-6-11-20-47)48-21-12-7-13-22-48/h5-13,17-32,36,42,45,53,55-56,58H,14-16,33-35,37-40H2,1-4H3/t42?,45-,53-,55-,56?/m0/s1. The van der Waals surface area contributed by atoms with E-state index < -0.39 is 27.0 Å². The maximum atomic E-state index is 15.2. The lowest BCUT2D eigenvalue weighted by molar-refractivity contribution is -0.121. The maximum Gasteiger partial charge on any atom is 0.265 e. The van der Waals surface area contributed by atoms with E-state index >= 15 is 8.42 Å². The number of fused-ring (bicyclic) bond motifs is 1. The van der Waals surface area contributed by atoms with Gasteiger partial charge in [-0.3, -0.25) is 4.79 Å². The van der Waals surface area contributed by atoms with E-state index in [1.54, 1.807) is 61.6 Å².